The van der Waals surface area contributed by atoms with Gasteiger partial charge in [-0.05, 0) is 74.0 Å². The van der Waals surface area contributed by atoms with Crippen LogP contribution in [-0.4, -0.2) is 42.0 Å². The van der Waals surface area contributed by atoms with Crippen molar-refractivity contribution < 1.29 is 4.79 Å². The third-order valence-corrected chi connectivity index (χ3v) is 3.82. The van der Waals surface area contributed by atoms with E-state index in [1.165, 1.54) is 25.9 Å². The lowest BCUT2D eigenvalue weighted by Gasteiger charge is -2.20. The molecule has 1 amide bonds. The highest BCUT2D eigenvalue weighted by atomic mass is 123. The molecule has 0 unspecified atom stereocenters. The lowest BCUT2D eigenvalue weighted by molar-refractivity contribution is 0.0952. The minimum absolute atomic E-state index is 0.0278. The van der Waals surface area contributed by atoms with Crippen LogP contribution in [0.2, 0.25) is 0 Å². The molecule has 1 rings (SSSR count). The largest absolute Gasteiger partial charge is 0.352 e. The van der Waals surface area contributed by atoms with Crippen molar-refractivity contribution in [2.75, 3.05) is 26.2 Å². The van der Waals surface area contributed by atoms with Crippen molar-refractivity contribution in [2.24, 2.45) is 0 Å². The van der Waals surface area contributed by atoms with Crippen LogP contribution < -0.4 is 5.32 Å². The van der Waals surface area contributed by atoms with Crippen LogP contribution >= 0.6 is 22.6 Å². The van der Waals surface area contributed by atoms with Gasteiger partial charge in [-0.3, -0.25) is 9.78 Å². The van der Waals surface area contributed by atoms with Gasteiger partial charge < -0.3 is 10.2 Å². The number of amides is 1. The number of carbonyl (C=O) groups excluding carboxylic acids is 1. The zero-order valence-corrected chi connectivity index (χ0v) is 15.2. The Labute approximate surface area is 141 Å². The number of nitrogens with zero attached hydrogens (tertiary/aromatic N) is 2. The third kappa shape index (κ3) is 7.76. The van der Waals surface area contributed by atoms with E-state index in [9.17, 15) is 4.79 Å². The Morgan fingerprint density at radius 1 is 1.19 bits per heavy atom. The highest BCUT2D eigenvalue weighted by Crippen LogP contribution is 2.05. The fourth-order valence-electron chi connectivity index (χ4n) is 2.27. The second-order valence-electron chi connectivity index (χ2n) is 5.20. The van der Waals surface area contributed by atoms with Crippen molar-refractivity contribution in [3.05, 3.63) is 27.6 Å². The molecule has 4 nitrogen and oxygen atoms in total. The van der Waals surface area contributed by atoms with Crippen LogP contribution in [0, 0.1) is 3.57 Å². The van der Waals surface area contributed by atoms with E-state index >= 15 is 0 Å². The van der Waals surface area contributed by atoms with Gasteiger partial charge in [-0.25, -0.2) is 0 Å². The Morgan fingerprint density at radius 2 is 1.90 bits per heavy atom. The lowest BCUT2D eigenvalue weighted by Crippen LogP contribution is -2.28. The zero-order chi connectivity index (χ0) is 15.5. The Kier molecular flexibility index (Phi) is 9.58. The quantitative estimate of drug-likeness (QED) is 0.485. The van der Waals surface area contributed by atoms with E-state index in [2.05, 4.69) is 51.6 Å². The van der Waals surface area contributed by atoms with Crippen molar-refractivity contribution in [1.82, 2.24) is 15.2 Å². The van der Waals surface area contributed by atoms with E-state index in [1.54, 1.807) is 12.4 Å². The number of carbonyl (C=O) groups is 1. The Morgan fingerprint density at radius 3 is 2.52 bits per heavy atom. The molecule has 0 spiro atoms. The van der Waals surface area contributed by atoms with Crippen LogP contribution in [0.15, 0.2) is 18.5 Å². The standard InChI is InChI=1S/C16H26IN3O/c1-3-8-20(9-4-2)10-6-5-7-19-16(21)14-11-15(17)13-18-12-14/h11-13H,3-10H2,1-2H3,(H,19,21)/i17-4. The molecule has 1 heterocycles. The molecule has 0 atom stereocenters. The number of pyridine rings is 1. The maximum absolute atomic E-state index is 11.9. The first kappa shape index (κ1) is 18.4. The summed E-state index contributed by atoms with van der Waals surface area (Å²) in [6.45, 7) is 8.65. The molecule has 1 N–H and O–H groups in total. The molecule has 5 heteroatoms. The summed E-state index contributed by atoms with van der Waals surface area (Å²) in [6.07, 6.45) is 7.92. The summed E-state index contributed by atoms with van der Waals surface area (Å²) in [5, 5.41) is 2.96. The van der Waals surface area contributed by atoms with Gasteiger partial charge in [0.15, 0.2) is 0 Å². The summed E-state index contributed by atoms with van der Waals surface area (Å²) in [7, 11) is 0. The van der Waals surface area contributed by atoms with Gasteiger partial charge in [0.1, 0.15) is 0 Å². The van der Waals surface area contributed by atoms with Crippen molar-refractivity contribution in [3.63, 3.8) is 0 Å². The van der Waals surface area contributed by atoms with E-state index in [0.29, 0.717) is 5.56 Å². The van der Waals surface area contributed by atoms with E-state index in [1.807, 2.05) is 6.07 Å². The van der Waals surface area contributed by atoms with Gasteiger partial charge in [0.25, 0.3) is 5.91 Å². The van der Waals surface area contributed by atoms with E-state index in [-0.39, 0.29) is 5.91 Å². The number of nitrogens with one attached hydrogen (secondary N) is 1. The molecule has 0 bridgehead atoms. The molecule has 0 aromatic carbocycles. The molecule has 1 aromatic rings. The SMILES string of the molecule is CCCN(CCC)CCCCNC(=O)c1cncc([123I])c1. The van der Waals surface area contributed by atoms with Gasteiger partial charge in [0, 0.05) is 22.5 Å². The predicted octanol–water partition coefficient (Wildman–Crippen LogP) is 3.32. The number of halogens is 1. The molecule has 1 aromatic heterocycles. The van der Waals surface area contributed by atoms with Gasteiger partial charge in [-0.15, -0.1) is 0 Å². The first-order chi connectivity index (χ1) is 10.2. The number of rotatable bonds is 10. The molecule has 0 saturated heterocycles. The first-order valence-electron chi connectivity index (χ1n) is 7.78. The van der Waals surface area contributed by atoms with Crippen molar-refractivity contribution in [2.45, 2.75) is 39.5 Å². The summed E-state index contributed by atoms with van der Waals surface area (Å²) in [5.74, 6) is -0.0278. The average Bonchev–Trinajstić information content (AvgIpc) is 2.47. The Bertz CT molecular complexity index is 420. The third-order valence-electron chi connectivity index (χ3n) is 3.23. The molecule has 0 aliphatic carbocycles. The minimum atomic E-state index is -0.0278. The fraction of sp³-hybridized carbons (Fsp3) is 0.625. The fourth-order valence-corrected chi connectivity index (χ4v) is 2.76. The summed E-state index contributed by atoms with van der Waals surface area (Å²) < 4.78 is 0.982. The number of hydrogen-bond donors (Lipinski definition) is 1. The highest BCUT2D eigenvalue weighted by molar-refractivity contribution is 14.1. The van der Waals surface area contributed by atoms with Crippen LogP contribution in [0.3, 0.4) is 0 Å². The first-order valence-corrected chi connectivity index (χ1v) is 8.86. The maximum Gasteiger partial charge on any atom is 0.252 e. The van der Waals surface area contributed by atoms with Crippen molar-refractivity contribution in [1.29, 1.82) is 0 Å². The highest BCUT2D eigenvalue weighted by Gasteiger charge is 2.06. The lowest BCUT2D eigenvalue weighted by atomic mass is 10.2. The zero-order valence-electron chi connectivity index (χ0n) is 13.1. The molecular formula is C16H26IN3O. The summed E-state index contributed by atoms with van der Waals surface area (Å²) >= 11 is 2.16. The Hall–Kier alpha value is -0.690. The van der Waals surface area contributed by atoms with Gasteiger partial charge in [-0.2, -0.15) is 0 Å². The topological polar surface area (TPSA) is 45.2 Å². The van der Waals surface area contributed by atoms with Crippen LogP contribution in [0.25, 0.3) is 0 Å². The summed E-state index contributed by atoms with van der Waals surface area (Å²) in [6, 6.07) is 1.85. The molecule has 118 valence electrons. The van der Waals surface area contributed by atoms with Gasteiger partial charge in [-0.1, -0.05) is 13.8 Å². The molecular weight excluding hydrogens is 373 g/mol. The van der Waals surface area contributed by atoms with E-state index < -0.39 is 0 Å². The molecule has 0 aliphatic rings. The van der Waals surface area contributed by atoms with Crippen LogP contribution in [0.1, 0.15) is 49.9 Å². The monoisotopic (exact) mass is 399 g/mol. The second kappa shape index (κ2) is 11.0. The molecule has 0 saturated carbocycles. The number of unbranched alkanes of at least 4 members (excludes halogenated alkanes) is 1. The summed E-state index contributed by atoms with van der Waals surface area (Å²) in [5.41, 5.74) is 0.639. The van der Waals surface area contributed by atoms with Gasteiger partial charge in [0.05, 0.1) is 5.56 Å². The van der Waals surface area contributed by atoms with Crippen LogP contribution in [-0.2, 0) is 0 Å². The maximum atomic E-state index is 11.9. The molecule has 0 aliphatic heterocycles. The summed E-state index contributed by atoms with van der Waals surface area (Å²) in [4.78, 5) is 18.5. The normalized spacial score (nSPS) is 10.9. The molecule has 0 fully saturated rings. The predicted molar refractivity (Wildman–Crippen MR) is 95.5 cm³/mol. The molecule has 0 radical (unpaired) electrons. The Balaban J connectivity index is 2.20. The minimum Gasteiger partial charge on any atom is -0.352 e. The van der Waals surface area contributed by atoms with Gasteiger partial charge in [0.2, 0.25) is 0 Å². The molecule has 21 heavy (non-hydrogen) atoms. The van der Waals surface area contributed by atoms with Crippen molar-refractivity contribution in [3.8, 4) is 0 Å². The number of aromatic nitrogens is 1. The van der Waals surface area contributed by atoms with E-state index in [0.717, 1.165) is 29.5 Å². The number of hydrogen-bond acceptors (Lipinski definition) is 3. The van der Waals surface area contributed by atoms with Crippen LogP contribution in [0.4, 0.5) is 0 Å². The van der Waals surface area contributed by atoms with Crippen molar-refractivity contribution >= 4 is 28.5 Å². The van der Waals surface area contributed by atoms with Crippen LogP contribution in [0.5, 0.6) is 0 Å². The average molecular weight is 399 g/mol. The second-order valence-corrected chi connectivity index (χ2v) is 6.44. The smallest absolute Gasteiger partial charge is 0.252 e. The van der Waals surface area contributed by atoms with Gasteiger partial charge >= 0.3 is 0 Å². The van der Waals surface area contributed by atoms with E-state index in [4.69, 9.17) is 0 Å².